The van der Waals surface area contributed by atoms with Crippen LogP contribution < -0.4 is 21.5 Å². The van der Waals surface area contributed by atoms with Crippen molar-refractivity contribution in [2.24, 2.45) is 5.92 Å². The third-order valence-electron chi connectivity index (χ3n) is 6.19. The number of nitrogens with zero attached hydrogens (tertiary/aromatic N) is 2. The van der Waals surface area contributed by atoms with Crippen molar-refractivity contribution in [3.63, 3.8) is 0 Å². The highest BCUT2D eigenvalue weighted by Gasteiger charge is 2.21. The van der Waals surface area contributed by atoms with Crippen LogP contribution in [0.3, 0.4) is 0 Å². The molecular formula is C26H39N5O6. The molecule has 1 aromatic heterocycles. The van der Waals surface area contributed by atoms with Gasteiger partial charge in [0, 0.05) is 25.7 Å². The number of hydrogen-bond acceptors (Lipinski definition) is 7. The summed E-state index contributed by atoms with van der Waals surface area (Å²) in [6, 6.07) is 2.10. The topological polar surface area (TPSA) is 139 Å². The van der Waals surface area contributed by atoms with Crippen LogP contribution in [0.2, 0.25) is 0 Å². The molecule has 3 amide bonds. The normalized spacial score (nSPS) is 15.2. The number of carbonyl (C=O) groups excluding carboxylic acids is 4. The number of carbonyl (C=O) groups is 4. The van der Waals surface area contributed by atoms with Crippen molar-refractivity contribution in [2.45, 2.75) is 59.0 Å². The van der Waals surface area contributed by atoms with Gasteiger partial charge in [-0.3, -0.25) is 19.2 Å². The van der Waals surface area contributed by atoms with Crippen molar-refractivity contribution in [1.82, 2.24) is 20.1 Å². The average Bonchev–Trinajstić information content (AvgIpc) is 2.87. The molecule has 11 heteroatoms. The number of allylic oxidation sites excluding steroid dienone is 1. The predicted octanol–water partition coefficient (Wildman–Crippen LogP) is 1.04. The minimum atomic E-state index is -0.917. The van der Waals surface area contributed by atoms with Gasteiger partial charge in [0.05, 0.1) is 6.61 Å². The van der Waals surface area contributed by atoms with E-state index >= 15 is 0 Å². The first kappa shape index (κ1) is 29.8. The molecule has 37 heavy (non-hydrogen) atoms. The average molecular weight is 518 g/mol. The Morgan fingerprint density at radius 2 is 1.92 bits per heavy atom. The number of esters is 1. The van der Waals surface area contributed by atoms with Crippen LogP contribution in [0.5, 0.6) is 0 Å². The van der Waals surface area contributed by atoms with Gasteiger partial charge in [0.2, 0.25) is 17.7 Å². The van der Waals surface area contributed by atoms with Crippen LogP contribution in [0.15, 0.2) is 35.3 Å². The molecule has 0 spiro atoms. The molecule has 3 N–H and O–H groups in total. The number of anilines is 1. The Morgan fingerprint density at radius 1 is 1.19 bits per heavy atom. The largest absolute Gasteiger partial charge is 0.463 e. The van der Waals surface area contributed by atoms with Crippen LogP contribution in [-0.4, -0.2) is 72.0 Å². The number of hydrogen-bond donors (Lipinski definition) is 3. The zero-order chi connectivity index (χ0) is 27.2. The number of likely N-dealkylation sites (tertiary alicyclic amines) is 1. The van der Waals surface area contributed by atoms with Crippen LogP contribution in [0.25, 0.3) is 0 Å². The van der Waals surface area contributed by atoms with Gasteiger partial charge in [0.15, 0.2) is 0 Å². The molecule has 2 heterocycles. The molecule has 0 aliphatic carbocycles. The van der Waals surface area contributed by atoms with Crippen LogP contribution >= 0.6 is 0 Å². The van der Waals surface area contributed by atoms with Gasteiger partial charge in [-0.25, -0.2) is 4.79 Å². The summed E-state index contributed by atoms with van der Waals surface area (Å²) in [7, 11) is 0. The van der Waals surface area contributed by atoms with Crippen molar-refractivity contribution < 1.29 is 23.9 Å². The van der Waals surface area contributed by atoms with E-state index in [1.54, 1.807) is 19.1 Å². The highest BCUT2D eigenvalue weighted by molar-refractivity contribution is 5.96. The van der Waals surface area contributed by atoms with Crippen molar-refractivity contribution in [2.75, 3.05) is 38.1 Å². The van der Waals surface area contributed by atoms with Crippen LogP contribution in [-0.2, 0) is 30.5 Å². The zero-order valence-corrected chi connectivity index (χ0v) is 22.0. The highest BCUT2D eigenvalue weighted by atomic mass is 16.5. The fraction of sp³-hybridized carbons (Fsp3) is 0.577. The summed E-state index contributed by atoms with van der Waals surface area (Å²) in [4.78, 5) is 63.5. The molecule has 1 atom stereocenters. The van der Waals surface area contributed by atoms with Gasteiger partial charge in [0.1, 0.15) is 18.3 Å². The molecule has 0 aromatic carbocycles. The third-order valence-corrected chi connectivity index (χ3v) is 6.19. The second-order valence-electron chi connectivity index (χ2n) is 9.01. The van der Waals surface area contributed by atoms with Gasteiger partial charge < -0.3 is 30.2 Å². The van der Waals surface area contributed by atoms with Gasteiger partial charge in [-0.05, 0) is 70.3 Å². The van der Waals surface area contributed by atoms with E-state index in [1.165, 1.54) is 29.8 Å². The Labute approximate surface area is 217 Å². The molecule has 0 radical (unpaired) electrons. The molecule has 1 aliphatic rings. The lowest BCUT2D eigenvalue weighted by atomic mass is 9.97. The SMILES string of the molecule is CCOC(=O)C=CCCC(NC(C)=O)C(=O)Nc1cccn(CC(=O)NCC2CCN(CC)CC2)c1=O. The van der Waals surface area contributed by atoms with E-state index in [0.717, 1.165) is 32.5 Å². The quantitative estimate of drug-likeness (QED) is 0.262. The summed E-state index contributed by atoms with van der Waals surface area (Å²) < 4.78 is 6.04. The fourth-order valence-corrected chi connectivity index (χ4v) is 4.10. The Kier molecular flexibility index (Phi) is 12.5. The molecule has 11 nitrogen and oxygen atoms in total. The van der Waals surface area contributed by atoms with Crippen molar-refractivity contribution in [3.8, 4) is 0 Å². The van der Waals surface area contributed by atoms with Gasteiger partial charge >= 0.3 is 5.97 Å². The fourth-order valence-electron chi connectivity index (χ4n) is 4.10. The van der Waals surface area contributed by atoms with E-state index in [2.05, 4.69) is 27.8 Å². The van der Waals surface area contributed by atoms with E-state index < -0.39 is 29.4 Å². The number of piperidine rings is 1. The first-order valence-corrected chi connectivity index (χ1v) is 12.8. The zero-order valence-electron chi connectivity index (χ0n) is 22.0. The summed E-state index contributed by atoms with van der Waals surface area (Å²) in [5.41, 5.74) is -0.518. The molecule has 0 bridgehead atoms. The molecular weight excluding hydrogens is 478 g/mol. The maximum Gasteiger partial charge on any atom is 0.330 e. The van der Waals surface area contributed by atoms with Gasteiger partial charge in [-0.15, -0.1) is 0 Å². The smallest absolute Gasteiger partial charge is 0.330 e. The number of rotatable bonds is 13. The van der Waals surface area contributed by atoms with E-state index in [1.807, 2.05) is 0 Å². The van der Waals surface area contributed by atoms with Crippen molar-refractivity contribution in [1.29, 1.82) is 0 Å². The van der Waals surface area contributed by atoms with Gasteiger partial charge in [-0.2, -0.15) is 0 Å². The van der Waals surface area contributed by atoms with E-state index in [4.69, 9.17) is 4.74 Å². The van der Waals surface area contributed by atoms with Crippen LogP contribution in [0.4, 0.5) is 5.69 Å². The molecule has 2 rings (SSSR count). The van der Waals surface area contributed by atoms with Crippen molar-refractivity contribution >= 4 is 29.4 Å². The molecule has 204 valence electrons. The minimum Gasteiger partial charge on any atom is -0.463 e. The Bertz CT molecular complexity index is 1010. The standard InChI is InChI=1S/C26H39N5O6/c1-4-30-15-12-20(13-16-30)17-27-23(33)18-31-14-8-10-22(26(31)36)29-25(35)21(28-19(3)32)9-6-7-11-24(34)37-5-2/h7-8,10-11,14,20-21H,4-6,9,12-13,15-18H2,1-3H3,(H,27,33)(H,28,32)(H,29,35). The van der Waals surface area contributed by atoms with E-state index in [9.17, 15) is 24.0 Å². The second kappa shape index (κ2) is 15.6. The number of ether oxygens (including phenoxy) is 1. The van der Waals surface area contributed by atoms with Crippen molar-refractivity contribution in [3.05, 3.63) is 40.8 Å². The van der Waals surface area contributed by atoms with E-state index in [-0.39, 0.29) is 31.2 Å². The summed E-state index contributed by atoms with van der Waals surface area (Å²) in [5.74, 6) is -1.31. The van der Waals surface area contributed by atoms with E-state index in [0.29, 0.717) is 18.9 Å². The molecule has 1 aromatic rings. The van der Waals surface area contributed by atoms with Crippen LogP contribution in [0.1, 0.15) is 46.5 Å². The Hall–Kier alpha value is -3.47. The molecule has 1 saturated heterocycles. The lowest BCUT2D eigenvalue weighted by molar-refractivity contribution is -0.137. The number of amides is 3. The predicted molar refractivity (Wildman–Crippen MR) is 140 cm³/mol. The summed E-state index contributed by atoms with van der Waals surface area (Å²) >= 11 is 0. The number of aromatic nitrogens is 1. The lowest BCUT2D eigenvalue weighted by Gasteiger charge is -2.31. The highest BCUT2D eigenvalue weighted by Crippen LogP contribution is 2.15. The monoisotopic (exact) mass is 517 g/mol. The third kappa shape index (κ3) is 10.6. The minimum absolute atomic E-state index is 0.00431. The summed E-state index contributed by atoms with van der Waals surface area (Å²) in [6.45, 7) is 8.89. The molecule has 1 unspecified atom stereocenters. The Balaban J connectivity index is 1.93. The Morgan fingerprint density at radius 3 is 2.57 bits per heavy atom. The molecule has 0 saturated carbocycles. The van der Waals surface area contributed by atoms with Crippen LogP contribution in [0, 0.1) is 5.92 Å². The second-order valence-corrected chi connectivity index (χ2v) is 9.01. The number of pyridine rings is 1. The summed E-state index contributed by atoms with van der Waals surface area (Å²) in [5, 5.41) is 8.02. The molecule has 1 fully saturated rings. The van der Waals surface area contributed by atoms with Gasteiger partial charge in [0.25, 0.3) is 5.56 Å². The first-order valence-electron chi connectivity index (χ1n) is 12.8. The van der Waals surface area contributed by atoms with Gasteiger partial charge in [-0.1, -0.05) is 13.0 Å². The maximum atomic E-state index is 12.9. The molecule has 1 aliphatic heterocycles. The number of nitrogens with one attached hydrogen (secondary N) is 3. The maximum absolute atomic E-state index is 12.9. The summed E-state index contributed by atoms with van der Waals surface area (Å²) in [6.07, 6.45) is 6.91. The first-order chi connectivity index (χ1) is 17.7. The lowest BCUT2D eigenvalue weighted by Crippen LogP contribution is -2.44.